The number of pyridine rings is 1. The van der Waals surface area contributed by atoms with Gasteiger partial charge in [0.05, 0.1) is 0 Å². The first-order chi connectivity index (χ1) is 11.6. The number of anilines is 2. The second kappa shape index (κ2) is 9.18. The molecule has 2 heterocycles. The summed E-state index contributed by atoms with van der Waals surface area (Å²) in [4.78, 5) is 9.26. The predicted molar refractivity (Wildman–Crippen MR) is 108 cm³/mol. The zero-order valence-corrected chi connectivity index (χ0v) is 16.0. The molecule has 1 saturated heterocycles. The van der Waals surface area contributed by atoms with Crippen LogP contribution in [0.5, 0.6) is 0 Å². The first-order valence-electron chi connectivity index (χ1n) is 8.85. The maximum atomic E-state index is 6.02. The van der Waals surface area contributed by atoms with Crippen molar-refractivity contribution in [1.29, 1.82) is 0 Å². The van der Waals surface area contributed by atoms with Gasteiger partial charge in [0.1, 0.15) is 5.82 Å². The van der Waals surface area contributed by atoms with Gasteiger partial charge in [-0.1, -0.05) is 24.3 Å². The number of hydrogen-bond donors (Lipinski definition) is 1. The minimum atomic E-state index is 0. The second-order valence-corrected chi connectivity index (χ2v) is 6.89. The third kappa shape index (κ3) is 5.18. The summed E-state index contributed by atoms with van der Waals surface area (Å²) in [5.74, 6) is 1.65. The van der Waals surface area contributed by atoms with E-state index in [0.717, 1.165) is 31.1 Å². The van der Waals surface area contributed by atoms with Gasteiger partial charge in [-0.15, -0.1) is 12.4 Å². The summed E-state index contributed by atoms with van der Waals surface area (Å²) in [5, 5.41) is 0. The van der Waals surface area contributed by atoms with E-state index in [1.165, 1.54) is 18.4 Å². The zero-order chi connectivity index (χ0) is 16.9. The number of piperidine rings is 1. The van der Waals surface area contributed by atoms with E-state index in [0.29, 0.717) is 12.0 Å². The van der Waals surface area contributed by atoms with Gasteiger partial charge >= 0.3 is 0 Å². The van der Waals surface area contributed by atoms with Gasteiger partial charge in [0.2, 0.25) is 0 Å². The van der Waals surface area contributed by atoms with Gasteiger partial charge in [-0.05, 0) is 62.5 Å². The Morgan fingerprint density at radius 2 is 1.84 bits per heavy atom. The van der Waals surface area contributed by atoms with E-state index in [-0.39, 0.29) is 12.4 Å². The fourth-order valence-corrected chi connectivity index (χ4v) is 3.39. The highest BCUT2D eigenvalue weighted by molar-refractivity contribution is 5.85. The lowest BCUT2D eigenvalue weighted by molar-refractivity contribution is 0.165. The van der Waals surface area contributed by atoms with E-state index in [1.807, 2.05) is 24.4 Å². The molecule has 0 aliphatic carbocycles. The van der Waals surface area contributed by atoms with E-state index in [2.05, 4.69) is 53.0 Å². The van der Waals surface area contributed by atoms with Crippen LogP contribution in [0.2, 0.25) is 0 Å². The number of benzene rings is 1. The van der Waals surface area contributed by atoms with Gasteiger partial charge in [-0.3, -0.25) is 4.90 Å². The van der Waals surface area contributed by atoms with Gasteiger partial charge < -0.3 is 10.6 Å². The lowest BCUT2D eigenvalue weighted by atomic mass is 9.91. The molecule has 1 fully saturated rings. The van der Waals surface area contributed by atoms with Crippen LogP contribution in [0.3, 0.4) is 0 Å². The second-order valence-electron chi connectivity index (χ2n) is 6.89. The van der Waals surface area contributed by atoms with Gasteiger partial charge in [-0.25, -0.2) is 4.98 Å². The van der Waals surface area contributed by atoms with Crippen molar-refractivity contribution in [1.82, 2.24) is 9.88 Å². The molecule has 0 spiro atoms. The fraction of sp³-hybridized carbons (Fsp3) is 0.450. The standard InChI is InChI=1S/C20H28N4.ClH/c1-16(21)18-10-12-24(13-11-18)15-17-8-9-20(22-14-17)23(2)19-6-4-3-5-7-19;/h3-9,14,16,18H,10-13,15,21H2,1-2H3;1H. The quantitative estimate of drug-likeness (QED) is 0.880. The number of para-hydroxylation sites is 1. The SMILES string of the molecule is CC(N)C1CCN(Cc2ccc(N(C)c3ccccc3)nc2)CC1.Cl. The summed E-state index contributed by atoms with van der Waals surface area (Å²) < 4.78 is 0. The lowest BCUT2D eigenvalue weighted by Crippen LogP contribution is -2.39. The molecule has 1 aliphatic heterocycles. The smallest absolute Gasteiger partial charge is 0.132 e. The molecule has 2 N–H and O–H groups in total. The number of likely N-dealkylation sites (tertiary alicyclic amines) is 1. The van der Waals surface area contributed by atoms with Crippen molar-refractivity contribution < 1.29 is 0 Å². The molecule has 1 aromatic heterocycles. The van der Waals surface area contributed by atoms with Crippen LogP contribution in [0.1, 0.15) is 25.3 Å². The molecule has 1 aliphatic rings. The van der Waals surface area contributed by atoms with Crippen LogP contribution in [-0.2, 0) is 6.54 Å². The predicted octanol–water partition coefficient (Wildman–Crippen LogP) is 3.83. The molecule has 4 nitrogen and oxygen atoms in total. The summed E-state index contributed by atoms with van der Waals surface area (Å²) in [6.07, 6.45) is 4.42. The van der Waals surface area contributed by atoms with E-state index >= 15 is 0 Å². The maximum absolute atomic E-state index is 6.02. The van der Waals surface area contributed by atoms with Crippen LogP contribution in [-0.4, -0.2) is 36.1 Å². The van der Waals surface area contributed by atoms with Crippen LogP contribution in [0.4, 0.5) is 11.5 Å². The summed E-state index contributed by atoms with van der Waals surface area (Å²) in [6, 6.07) is 14.9. The Bertz CT molecular complexity index is 622. The highest BCUT2D eigenvalue weighted by atomic mass is 35.5. The Hall–Kier alpha value is -1.62. The first kappa shape index (κ1) is 19.7. The molecule has 0 amide bonds. The molecular formula is C20H29ClN4. The molecule has 2 aromatic rings. The van der Waals surface area contributed by atoms with Crippen LogP contribution in [0.15, 0.2) is 48.7 Å². The average Bonchev–Trinajstić information content (AvgIpc) is 2.63. The Kier molecular flexibility index (Phi) is 7.24. The molecule has 5 heteroatoms. The monoisotopic (exact) mass is 360 g/mol. The number of hydrogen-bond acceptors (Lipinski definition) is 4. The summed E-state index contributed by atoms with van der Waals surface area (Å²) >= 11 is 0. The molecule has 1 atom stereocenters. The lowest BCUT2D eigenvalue weighted by Gasteiger charge is -2.33. The summed E-state index contributed by atoms with van der Waals surface area (Å²) in [6.45, 7) is 5.38. The van der Waals surface area contributed by atoms with Crippen molar-refractivity contribution in [3.8, 4) is 0 Å². The highest BCUT2D eigenvalue weighted by Gasteiger charge is 2.21. The zero-order valence-electron chi connectivity index (χ0n) is 15.1. The van der Waals surface area contributed by atoms with E-state index in [9.17, 15) is 0 Å². The molecule has 25 heavy (non-hydrogen) atoms. The topological polar surface area (TPSA) is 45.4 Å². The molecule has 1 aromatic carbocycles. The van der Waals surface area contributed by atoms with Gasteiger partial charge in [0.25, 0.3) is 0 Å². The van der Waals surface area contributed by atoms with Crippen molar-refractivity contribution in [3.05, 3.63) is 54.2 Å². The van der Waals surface area contributed by atoms with E-state index in [1.54, 1.807) is 0 Å². The Morgan fingerprint density at radius 3 is 2.40 bits per heavy atom. The molecule has 1 unspecified atom stereocenters. The van der Waals surface area contributed by atoms with Crippen molar-refractivity contribution in [2.45, 2.75) is 32.4 Å². The van der Waals surface area contributed by atoms with Crippen LogP contribution in [0.25, 0.3) is 0 Å². The van der Waals surface area contributed by atoms with Crippen LogP contribution < -0.4 is 10.6 Å². The van der Waals surface area contributed by atoms with Gasteiger partial charge in [0, 0.05) is 31.5 Å². The van der Waals surface area contributed by atoms with Crippen molar-refractivity contribution in [2.75, 3.05) is 25.0 Å². The fourth-order valence-electron chi connectivity index (χ4n) is 3.39. The molecule has 0 saturated carbocycles. The molecule has 136 valence electrons. The van der Waals surface area contributed by atoms with Crippen molar-refractivity contribution >= 4 is 23.9 Å². The third-order valence-corrected chi connectivity index (χ3v) is 5.08. The average molecular weight is 361 g/mol. The maximum Gasteiger partial charge on any atom is 0.132 e. The van der Waals surface area contributed by atoms with Crippen LogP contribution >= 0.6 is 12.4 Å². The number of rotatable bonds is 5. The summed E-state index contributed by atoms with van der Waals surface area (Å²) in [5.41, 5.74) is 8.45. The van der Waals surface area contributed by atoms with Gasteiger partial charge in [0.15, 0.2) is 0 Å². The van der Waals surface area contributed by atoms with Crippen molar-refractivity contribution in [2.24, 2.45) is 11.7 Å². The number of aromatic nitrogens is 1. The van der Waals surface area contributed by atoms with Gasteiger partial charge in [-0.2, -0.15) is 0 Å². The minimum Gasteiger partial charge on any atom is -0.329 e. The summed E-state index contributed by atoms with van der Waals surface area (Å²) in [7, 11) is 2.05. The number of halogens is 1. The number of nitrogens with zero attached hydrogens (tertiary/aromatic N) is 3. The number of nitrogens with two attached hydrogens (primary N) is 1. The normalized spacial score (nSPS) is 16.9. The Balaban J connectivity index is 0.00000225. The minimum absolute atomic E-state index is 0. The van der Waals surface area contributed by atoms with Crippen LogP contribution in [0, 0.1) is 5.92 Å². The highest BCUT2D eigenvalue weighted by Crippen LogP contribution is 2.23. The molecule has 3 rings (SSSR count). The Morgan fingerprint density at radius 1 is 1.16 bits per heavy atom. The third-order valence-electron chi connectivity index (χ3n) is 5.08. The largest absolute Gasteiger partial charge is 0.329 e. The molecular weight excluding hydrogens is 332 g/mol. The van der Waals surface area contributed by atoms with Crippen molar-refractivity contribution in [3.63, 3.8) is 0 Å². The molecule has 0 radical (unpaired) electrons. The first-order valence-corrected chi connectivity index (χ1v) is 8.85. The van der Waals surface area contributed by atoms with E-state index < -0.39 is 0 Å². The van der Waals surface area contributed by atoms with E-state index in [4.69, 9.17) is 5.73 Å². The Labute approximate surface area is 157 Å². The molecule has 0 bridgehead atoms.